The number of hydrogen-bond acceptors (Lipinski definition) is 6. The fourth-order valence-electron chi connectivity index (χ4n) is 3.06. The van der Waals surface area contributed by atoms with E-state index in [-0.39, 0.29) is 29.7 Å². The Hall–Kier alpha value is -1.43. The summed E-state index contributed by atoms with van der Waals surface area (Å²) in [6, 6.07) is 3.62. The van der Waals surface area contributed by atoms with Crippen molar-refractivity contribution in [1.82, 2.24) is 10.2 Å². The summed E-state index contributed by atoms with van der Waals surface area (Å²) in [6.45, 7) is 4.74. The van der Waals surface area contributed by atoms with Crippen molar-refractivity contribution >= 4 is 39.8 Å². The normalized spacial score (nSPS) is 18.1. The van der Waals surface area contributed by atoms with Gasteiger partial charge >= 0.3 is 0 Å². The number of aliphatic imine (C=N–C) groups is 1. The molecule has 1 N–H and O–H groups in total. The molecule has 1 aromatic rings. The maximum absolute atomic E-state index is 12.2. The molecule has 0 radical (unpaired) electrons. The second-order valence-electron chi connectivity index (χ2n) is 6.92. The van der Waals surface area contributed by atoms with Crippen LogP contribution in [0.3, 0.4) is 0 Å². The summed E-state index contributed by atoms with van der Waals surface area (Å²) in [6.07, 6.45) is 0. The van der Waals surface area contributed by atoms with Crippen molar-refractivity contribution in [2.75, 3.05) is 47.2 Å². The summed E-state index contributed by atoms with van der Waals surface area (Å²) in [4.78, 5) is 6.28. The molecule has 1 aliphatic heterocycles. The third kappa shape index (κ3) is 5.13. The predicted molar refractivity (Wildman–Crippen MR) is 121 cm³/mol. The Morgan fingerprint density at radius 2 is 1.71 bits per heavy atom. The zero-order chi connectivity index (χ0) is 20.2. The van der Waals surface area contributed by atoms with Crippen LogP contribution in [-0.4, -0.2) is 71.2 Å². The van der Waals surface area contributed by atoms with Gasteiger partial charge in [-0.2, -0.15) is 0 Å². The second-order valence-corrected chi connectivity index (χ2v) is 9.66. The summed E-state index contributed by atoms with van der Waals surface area (Å²) in [7, 11) is 3.33. The fraction of sp³-hybridized carbons (Fsp3) is 0.611. The quantitative estimate of drug-likeness (QED) is 0.356. The predicted octanol–water partition coefficient (Wildman–Crippen LogP) is 1.91. The lowest BCUT2D eigenvalue weighted by Gasteiger charge is -2.39. The van der Waals surface area contributed by atoms with Gasteiger partial charge in [-0.05, 0) is 19.9 Å². The van der Waals surface area contributed by atoms with E-state index in [0.29, 0.717) is 42.8 Å². The van der Waals surface area contributed by atoms with Crippen LogP contribution in [0.15, 0.2) is 17.1 Å². The average Bonchev–Trinajstić information content (AvgIpc) is 2.64. The van der Waals surface area contributed by atoms with Crippen LogP contribution in [0, 0.1) is 0 Å². The second kappa shape index (κ2) is 9.86. The van der Waals surface area contributed by atoms with Crippen LogP contribution in [0.2, 0.25) is 0 Å². The summed E-state index contributed by atoms with van der Waals surface area (Å²) in [5.74, 6) is 2.62. The maximum atomic E-state index is 12.2. The number of halogens is 1. The smallest absolute Gasteiger partial charge is 0.193 e. The minimum absolute atomic E-state index is 0. The monoisotopic (exact) mass is 527 g/mol. The van der Waals surface area contributed by atoms with Crippen molar-refractivity contribution in [3.8, 4) is 17.2 Å². The largest absolute Gasteiger partial charge is 0.496 e. The molecule has 0 amide bonds. The van der Waals surface area contributed by atoms with Crippen molar-refractivity contribution in [2.45, 2.75) is 25.1 Å². The van der Waals surface area contributed by atoms with E-state index < -0.39 is 14.6 Å². The molecule has 0 saturated carbocycles. The molecule has 0 spiro atoms. The van der Waals surface area contributed by atoms with Gasteiger partial charge in [0.05, 0.1) is 31.8 Å². The summed E-state index contributed by atoms with van der Waals surface area (Å²) < 4.78 is 39.7. The Kier molecular flexibility index (Phi) is 8.66. The van der Waals surface area contributed by atoms with E-state index in [9.17, 15) is 8.42 Å². The van der Waals surface area contributed by atoms with Gasteiger partial charge in [0, 0.05) is 38.3 Å². The number of sulfone groups is 1. The van der Waals surface area contributed by atoms with Gasteiger partial charge < -0.3 is 24.4 Å². The first-order valence-electron chi connectivity index (χ1n) is 8.66. The van der Waals surface area contributed by atoms with Gasteiger partial charge in [-0.3, -0.25) is 4.99 Å². The molecule has 1 saturated heterocycles. The molecule has 28 heavy (non-hydrogen) atoms. The van der Waals surface area contributed by atoms with Crippen molar-refractivity contribution in [2.24, 2.45) is 4.99 Å². The highest BCUT2D eigenvalue weighted by Gasteiger charge is 2.40. The van der Waals surface area contributed by atoms with Crippen LogP contribution in [-0.2, 0) is 16.4 Å². The number of methoxy groups -OCH3 is 3. The topological polar surface area (TPSA) is 89.5 Å². The third-order valence-corrected chi connectivity index (χ3v) is 7.31. The average molecular weight is 527 g/mol. The number of rotatable bonds is 5. The highest BCUT2D eigenvalue weighted by Crippen LogP contribution is 2.34. The van der Waals surface area contributed by atoms with Gasteiger partial charge in [0.15, 0.2) is 27.3 Å². The zero-order valence-corrected chi connectivity index (χ0v) is 20.4. The summed E-state index contributed by atoms with van der Waals surface area (Å²) >= 11 is 0. The standard InChI is InChI=1S/C18H29N3O5S.HI/c1-18(2)12-21(7-8-27(18,22)23)17(19-3)20-11-13-9-15(25-5)16(26-6)10-14(13)24-4;/h9-10H,7-8,11-12H2,1-6H3,(H,19,20);1H. The minimum Gasteiger partial charge on any atom is -0.496 e. The van der Waals surface area contributed by atoms with Gasteiger partial charge in [0.25, 0.3) is 0 Å². The lowest BCUT2D eigenvalue weighted by molar-refractivity contribution is 0.345. The van der Waals surface area contributed by atoms with E-state index in [0.717, 1.165) is 5.56 Å². The Morgan fingerprint density at radius 3 is 2.21 bits per heavy atom. The van der Waals surface area contributed by atoms with Crippen molar-refractivity contribution in [3.63, 3.8) is 0 Å². The first-order chi connectivity index (χ1) is 12.7. The van der Waals surface area contributed by atoms with Crippen LogP contribution in [0.5, 0.6) is 17.2 Å². The Balaban J connectivity index is 0.00000392. The number of ether oxygens (including phenoxy) is 3. The molecule has 0 unspecified atom stereocenters. The fourth-order valence-corrected chi connectivity index (χ4v) is 4.43. The van der Waals surface area contributed by atoms with Crippen LogP contribution in [0.25, 0.3) is 0 Å². The van der Waals surface area contributed by atoms with Crippen LogP contribution in [0.1, 0.15) is 19.4 Å². The molecule has 0 bridgehead atoms. The molecular formula is C18H30IN3O5S. The van der Waals surface area contributed by atoms with Gasteiger partial charge in [-0.25, -0.2) is 8.42 Å². The third-order valence-electron chi connectivity index (χ3n) is 4.78. The molecule has 1 aliphatic rings. The number of hydrogen-bond donors (Lipinski definition) is 1. The van der Waals surface area contributed by atoms with Gasteiger partial charge in [-0.15, -0.1) is 24.0 Å². The van der Waals surface area contributed by atoms with Crippen molar-refractivity contribution < 1.29 is 22.6 Å². The van der Waals surface area contributed by atoms with Crippen LogP contribution in [0.4, 0.5) is 0 Å². The van der Waals surface area contributed by atoms with E-state index in [4.69, 9.17) is 14.2 Å². The summed E-state index contributed by atoms with van der Waals surface area (Å²) in [5.41, 5.74) is 0.875. The van der Waals surface area contributed by atoms with E-state index in [1.807, 2.05) is 11.0 Å². The summed E-state index contributed by atoms with van der Waals surface area (Å²) in [5, 5.41) is 3.29. The molecule has 1 fully saturated rings. The van der Waals surface area contributed by atoms with Crippen molar-refractivity contribution in [1.29, 1.82) is 0 Å². The minimum atomic E-state index is -3.11. The molecule has 10 heteroatoms. The molecular weight excluding hydrogens is 497 g/mol. The van der Waals surface area contributed by atoms with Gasteiger partial charge in [0.1, 0.15) is 5.75 Å². The molecule has 1 aromatic carbocycles. The first-order valence-corrected chi connectivity index (χ1v) is 10.3. The van der Waals surface area contributed by atoms with E-state index in [2.05, 4.69) is 10.3 Å². The van der Waals surface area contributed by atoms with Crippen LogP contribution < -0.4 is 19.5 Å². The maximum Gasteiger partial charge on any atom is 0.193 e. The number of benzene rings is 1. The Morgan fingerprint density at radius 1 is 1.14 bits per heavy atom. The molecule has 8 nitrogen and oxygen atoms in total. The Bertz CT molecular complexity index is 812. The SMILES string of the molecule is CN=C(NCc1cc(OC)c(OC)cc1OC)N1CCS(=O)(=O)C(C)(C)C1.I. The molecule has 2 rings (SSSR count). The molecule has 160 valence electrons. The lowest BCUT2D eigenvalue weighted by atomic mass is 10.1. The number of nitrogens with zero attached hydrogens (tertiary/aromatic N) is 2. The van der Waals surface area contributed by atoms with Gasteiger partial charge in [-0.1, -0.05) is 0 Å². The number of nitrogens with one attached hydrogen (secondary N) is 1. The highest BCUT2D eigenvalue weighted by molar-refractivity contribution is 14.0. The zero-order valence-electron chi connectivity index (χ0n) is 17.2. The highest BCUT2D eigenvalue weighted by atomic mass is 127. The Labute approximate surface area is 184 Å². The van der Waals surface area contributed by atoms with E-state index in [1.54, 1.807) is 48.3 Å². The van der Waals surface area contributed by atoms with E-state index in [1.165, 1.54) is 0 Å². The van der Waals surface area contributed by atoms with Crippen molar-refractivity contribution in [3.05, 3.63) is 17.7 Å². The van der Waals surface area contributed by atoms with E-state index >= 15 is 0 Å². The molecule has 0 aliphatic carbocycles. The first kappa shape index (κ1) is 24.6. The molecule has 1 heterocycles. The van der Waals surface area contributed by atoms with Crippen LogP contribution >= 0.6 is 24.0 Å². The molecule has 0 atom stereocenters. The lowest BCUT2D eigenvalue weighted by Crippen LogP contribution is -2.57. The number of guanidine groups is 1. The van der Waals surface area contributed by atoms with Gasteiger partial charge in [0.2, 0.25) is 0 Å². The molecule has 0 aromatic heterocycles.